The van der Waals surface area contributed by atoms with Crippen molar-refractivity contribution in [2.75, 3.05) is 10.6 Å². The Kier molecular flexibility index (Phi) is 2.74. The average Bonchev–Trinajstić information content (AvgIpc) is 2.93. The van der Waals surface area contributed by atoms with E-state index >= 15 is 0 Å². The lowest BCUT2D eigenvalue weighted by atomic mass is 10.1. The van der Waals surface area contributed by atoms with Crippen LogP contribution in [0.1, 0.15) is 28.6 Å². The van der Waals surface area contributed by atoms with Gasteiger partial charge in [-0.1, -0.05) is 19.1 Å². The summed E-state index contributed by atoms with van der Waals surface area (Å²) in [5, 5.41) is 1.12. The minimum atomic E-state index is 0.887. The summed E-state index contributed by atoms with van der Waals surface area (Å²) in [6.07, 6.45) is 1.01. The molecule has 0 saturated carbocycles. The van der Waals surface area contributed by atoms with E-state index in [0.29, 0.717) is 0 Å². The fourth-order valence-corrected chi connectivity index (χ4v) is 3.45. The number of fused-ring (bicyclic) bond motifs is 1. The predicted molar refractivity (Wildman–Crippen MR) is 77.0 cm³/mol. The molecule has 0 saturated heterocycles. The van der Waals surface area contributed by atoms with Crippen LogP contribution in [0, 0.1) is 6.92 Å². The van der Waals surface area contributed by atoms with Crippen LogP contribution in [0.3, 0.4) is 0 Å². The summed E-state index contributed by atoms with van der Waals surface area (Å²) < 4.78 is 0. The number of rotatable bonds is 2. The first-order chi connectivity index (χ1) is 8.69. The van der Waals surface area contributed by atoms with Crippen molar-refractivity contribution >= 4 is 22.2 Å². The summed E-state index contributed by atoms with van der Waals surface area (Å²) in [4.78, 5) is 8.37. The van der Waals surface area contributed by atoms with Crippen LogP contribution in [-0.4, -0.2) is 4.98 Å². The standard InChI is InChI=1S/C14H17N3S/c1-3-13-9(2)18-14(16-13)17-7-10-5-4-6-12(15)11(10)8-17/h4-6H,3,7-8,15H2,1-2H3. The second-order valence-corrected chi connectivity index (χ2v) is 5.88. The molecule has 3 nitrogen and oxygen atoms in total. The molecule has 94 valence electrons. The van der Waals surface area contributed by atoms with E-state index in [2.05, 4.69) is 24.8 Å². The largest absolute Gasteiger partial charge is 0.398 e. The summed E-state index contributed by atoms with van der Waals surface area (Å²) in [7, 11) is 0. The number of nitrogen functional groups attached to an aromatic ring is 1. The molecule has 18 heavy (non-hydrogen) atoms. The Hall–Kier alpha value is -1.55. The van der Waals surface area contributed by atoms with Crippen LogP contribution in [0.5, 0.6) is 0 Å². The van der Waals surface area contributed by atoms with Crippen LogP contribution < -0.4 is 10.6 Å². The van der Waals surface area contributed by atoms with Gasteiger partial charge in [0, 0.05) is 23.7 Å². The molecule has 1 aliphatic heterocycles. The van der Waals surface area contributed by atoms with Gasteiger partial charge in [0.2, 0.25) is 0 Å². The summed E-state index contributed by atoms with van der Waals surface area (Å²) in [6, 6.07) is 6.17. The van der Waals surface area contributed by atoms with Gasteiger partial charge in [-0.05, 0) is 30.5 Å². The molecule has 4 heteroatoms. The smallest absolute Gasteiger partial charge is 0.186 e. The minimum Gasteiger partial charge on any atom is -0.398 e. The van der Waals surface area contributed by atoms with Crippen molar-refractivity contribution in [3.8, 4) is 0 Å². The van der Waals surface area contributed by atoms with Crippen molar-refractivity contribution in [1.82, 2.24) is 4.98 Å². The molecule has 2 N–H and O–H groups in total. The van der Waals surface area contributed by atoms with Crippen LogP contribution in [0.2, 0.25) is 0 Å². The van der Waals surface area contributed by atoms with E-state index < -0.39 is 0 Å². The van der Waals surface area contributed by atoms with Crippen molar-refractivity contribution in [1.29, 1.82) is 0 Å². The molecule has 3 rings (SSSR count). The summed E-state index contributed by atoms with van der Waals surface area (Å²) >= 11 is 1.79. The SMILES string of the molecule is CCc1nc(N2Cc3cccc(N)c3C2)sc1C. The average molecular weight is 259 g/mol. The molecule has 2 heterocycles. The van der Waals surface area contributed by atoms with Gasteiger partial charge >= 0.3 is 0 Å². The number of thiazole rings is 1. The first kappa shape index (κ1) is 11.5. The van der Waals surface area contributed by atoms with E-state index in [4.69, 9.17) is 10.7 Å². The third-order valence-electron chi connectivity index (χ3n) is 3.51. The minimum absolute atomic E-state index is 0.887. The number of aromatic nitrogens is 1. The monoisotopic (exact) mass is 259 g/mol. The van der Waals surface area contributed by atoms with Gasteiger partial charge in [-0.3, -0.25) is 0 Å². The van der Waals surface area contributed by atoms with E-state index in [-0.39, 0.29) is 0 Å². The van der Waals surface area contributed by atoms with Gasteiger partial charge in [-0.15, -0.1) is 11.3 Å². The lowest BCUT2D eigenvalue weighted by Gasteiger charge is -2.13. The van der Waals surface area contributed by atoms with Crippen LogP contribution >= 0.6 is 11.3 Å². The van der Waals surface area contributed by atoms with Crippen LogP contribution in [0.15, 0.2) is 18.2 Å². The molecule has 0 bridgehead atoms. The third kappa shape index (κ3) is 1.77. The topological polar surface area (TPSA) is 42.2 Å². The molecule has 0 spiro atoms. The van der Waals surface area contributed by atoms with Gasteiger partial charge in [0.15, 0.2) is 5.13 Å². The molecular weight excluding hydrogens is 242 g/mol. The number of hydrogen-bond acceptors (Lipinski definition) is 4. The van der Waals surface area contributed by atoms with Crippen LogP contribution in [0.4, 0.5) is 10.8 Å². The zero-order valence-corrected chi connectivity index (χ0v) is 11.5. The first-order valence-corrected chi connectivity index (χ1v) is 7.08. The fraction of sp³-hybridized carbons (Fsp3) is 0.357. The molecule has 0 atom stereocenters. The van der Waals surface area contributed by atoms with Gasteiger partial charge in [0.05, 0.1) is 5.69 Å². The maximum absolute atomic E-state index is 6.03. The predicted octanol–water partition coefficient (Wildman–Crippen LogP) is 3.12. The Morgan fingerprint density at radius 1 is 1.39 bits per heavy atom. The van der Waals surface area contributed by atoms with Crippen molar-refractivity contribution < 1.29 is 0 Å². The highest BCUT2D eigenvalue weighted by molar-refractivity contribution is 7.15. The van der Waals surface area contributed by atoms with E-state index in [1.807, 2.05) is 12.1 Å². The Labute approximate surface area is 111 Å². The summed E-state index contributed by atoms with van der Waals surface area (Å²) in [5.74, 6) is 0. The molecule has 1 aromatic heterocycles. The lowest BCUT2D eigenvalue weighted by Crippen LogP contribution is -2.14. The second kappa shape index (κ2) is 4.28. The van der Waals surface area contributed by atoms with Crippen LogP contribution in [-0.2, 0) is 19.5 Å². The van der Waals surface area contributed by atoms with Gasteiger partial charge in [0.25, 0.3) is 0 Å². The van der Waals surface area contributed by atoms with E-state index in [0.717, 1.165) is 30.3 Å². The van der Waals surface area contributed by atoms with E-state index in [1.54, 1.807) is 11.3 Å². The highest BCUT2D eigenvalue weighted by atomic mass is 32.1. The number of anilines is 2. The molecule has 1 aromatic carbocycles. The molecule has 1 aliphatic rings. The number of nitrogens with two attached hydrogens (primary N) is 1. The highest BCUT2D eigenvalue weighted by Gasteiger charge is 2.23. The maximum atomic E-state index is 6.03. The number of aryl methyl sites for hydroxylation is 2. The van der Waals surface area contributed by atoms with E-state index in [9.17, 15) is 0 Å². The van der Waals surface area contributed by atoms with Crippen molar-refractivity contribution in [2.45, 2.75) is 33.4 Å². The Balaban J connectivity index is 1.91. The number of nitrogens with zero attached hydrogens (tertiary/aromatic N) is 2. The van der Waals surface area contributed by atoms with E-state index in [1.165, 1.54) is 21.7 Å². The third-order valence-corrected chi connectivity index (χ3v) is 4.58. The lowest BCUT2D eigenvalue weighted by molar-refractivity contribution is 0.865. The molecular formula is C14H17N3S. The number of hydrogen-bond donors (Lipinski definition) is 1. The molecule has 2 aromatic rings. The maximum Gasteiger partial charge on any atom is 0.186 e. The molecule has 0 unspecified atom stereocenters. The van der Waals surface area contributed by atoms with Crippen molar-refractivity contribution in [3.63, 3.8) is 0 Å². The molecule has 0 radical (unpaired) electrons. The summed E-state index contributed by atoms with van der Waals surface area (Å²) in [5.41, 5.74) is 10.8. The second-order valence-electron chi connectivity index (χ2n) is 4.69. The number of benzene rings is 1. The van der Waals surface area contributed by atoms with Gasteiger partial charge in [-0.25, -0.2) is 4.98 Å². The highest BCUT2D eigenvalue weighted by Crippen LogP contribution is 2.34. The fourth-order valence-electron chi connectivity index (χ4n) is 2.46. The summed E-state index contributed by atoms with van der Waals surface area (Å²) in [6.45, 7) is 6.12. The Morgan fingerprint density at radius 2 is 2.22 bits per heavy atom. The van der Waals surface area contributed by atoms with Crippen molar-refractivity contribution in [2.24, 2.45) is 0 Å². The molecule has 0 aliphatic carbocycles. The Morgan fingerprint density at radius 3 is 2.89 bits per heavy atom. The Bertz CT molecular complexity index is 589. The van der Waals surface area contributed by atoms with Gasteiger partial charge < -0.3 is 10.6 Å². The zero-order valence-electron chi connectivity index (χ0n) is 10.7. The van der Waals surface area contributed by atoms with Crippen LogP contribution in [0.25, 0.3) is 0 Å². The zero-order chi connectivity index (χ0) is 12.7. The molecule has 0 amide bonds. The quantitative estimate of drug-likeness (QED) is 0.843. The van der Waals surface area contributed by atoms with Gasteiger partial charge in [-0.2, -0.15) is 0 Å². The van der Waals surface area contributed by atoms with Crippen molar-refractivity contribution in [3.05, 3.63) is 39.9 Å². The normalized spacial score (nSPS) is 14.0. The first-order valence-electron chi connectivity index (χ1n) is 6.26. The van der Waals surface area contributed by atoms with Gasteiger partial charge in [0.1, 0.15) is 0 Å². The molecule has 0 fully saturated rings.